The molecule has 0 aliphatic carbocycles. The number of carboxylic acid groups (broad SMARTS) is 1. The zero-order chi connectivity index (χ0) is 16.6. The first kappa shape index (κ1) is 15.0. The lowest BCUT2D eigenvalue weighted by molar-refractivity contribution is 0.0697. The zero-order valence-electron chi connectivity index (χ0n) is 12.7. The summed E-state index contributed by atoms with van der Waals surface area (Å²) in [5, 5.41) is 13.2. The van der Waals surface area contributed by atoms with Gasteiger partial charge in [0.25, 0.3) is 0 Å². The third-order valence-electron chi connectivity index (χ3n) is 3.93. The second kappa shape index (κ2) is 5.68. The summed E-state index contributed by atoms with van der Waals surface area (Å²) in [4.78, 5) is 15.6. The van der Waals surface area contributed by atoms with Crippen molar-refractivity contribution in [1.29, 1.82) is 0 Å². The molecule has 0 saturated carbocycles. The van der Waals surface area contributed by atoms with Crippen LogP contribution in [0.3, 0.4) is 0 Å². The third-order valence-corrected chi connectivity index (χ3v) is 3.93. The molecule has 0 bridgehead atoms. The summed E-state index contributed by atoms with van der Waals surface area (Å²) in [7, 11) is 0. The smallest absolute Gasteiger partial charge is 0.339 e. The summed E-state index contributed by atoms with van der Waals surface area (Å²) in [6.45, 7) is 3.94. The molecule has 4 nitrogen and oxygen atoms in total. The number of hydrogen-bond acceptors (Lipinski definition) is 3. The third kappa shape index (κ3) is 2.73. The van der Waals surface area contributed by atoms with Crippen molar-refractivity contribution >= 4 is 28.2 Å². The number of benzene rings is 2. The lowest BCUT2D eigenvalue weighted by atomic mass is 10.1. The SMILES string of the molecule is Cc1cccc(Nc2c(C(=O)O)cnc3cc(F)ccc23)c1C. The predicted octanol–water partition coefficient (Wildman–Crippen LogP) is 4.43. The Hall–Kier alpha value is -2.95. The second-order valence-corrected chi connectivity index (χ2v) is 5.39. The molecule has 3 rings (SSSR count). The van der Waals surface area contributed by atoms with Crippen LogP contribution in [0.25, 0.3) is 10.9 Å². The van der Waals surface area contributed by atoms with E-state index in [0.29, 0.717) is 16.6 Å². The number of rotatable bonds is 3. The van der Waals surface area contributed by atoms with Crippen LogP contribution in [-0.2, 0) is 0 Å². The van der Waals surface area contributed by atoms with Crippen molar-refractivity contribution in [2.45, 2.75) is 13.8 Å². The van der Waals surface area contributed by atoms with Crippen LogP contribution in [0.1, 0.15) is 21.5 Å². The highest BCUT2D eigenvalue weighted by Gasteiger charge is 2.16. The van der Waals surface area contributed by atoms with Gasteiger partial charge in [0.05, 0.1) is 11.2 Å². The first-order chi connectivity index (χ1) is 11.0. The number of carboxylic acids is 1. The lowest BCUT2D eigenvalue weighted by Crippen LogP contribution is -2.06. The van der Waals surface area contributed by atoms with Gasteiger partial charge in [-0.2, -0.15) is 0 Å². The van der Waals surface area contributed by atoms with E-state index in [1.54, 1.807) is 0 Å². The molecule has 0 atom stereocenters. The molecule has 5 heteroatoms. The Morgan fingerprint density at radius 3 is 2.74 bits per heavy atom. The average molecular weight is 310 g/mol. The van der Waals surface area contributed by atoms with Crippen LogP contribution < -0.4 is 5.32 Å². The van der Waals surface area contributed by atoms with Crippen LogP contribution in [0.4, 0.5) is 15.8 Å². The Kier molecular flexibility index (Phi) is 3.70. The van der Waals surface area contributed by atoms with E-state index in [1.807, 2.05) is 32.0 Å². The predicted molar refractivity (Wildman–Crippen MR) is 87.9 cm³/mol. The van der Waals surface area contributed by atoms with Gasteiger partial charge in [-0.1, -0.05) is 12.1 Å². The number of hydrogen-bond donors (Lipinski definition) is 2. The van der Waals surface area contributed by atoms with Crippen molar-refractivity contribution in [2.24, 2.45) is 0 Å². The maximum atomic E-state index is 13.4. The molecule has 116 valence electrons. The minimum Gasteiger partial charge on any atom is -0.478 e. The largest absolute Gasteiger partial charge is 0.478 e. The normalized spacial score (nSPS) is 10.7. The van der Waals surface area contributed by atoms with Crippen LogP contribution >= 0.6 is 0 Å². The van der Waals surface area contributed by atoms with Gasteiger partial charge in [0.1, 0.15) is 11.4 Å². The number of halogens is 1. The van der Waals surface area contributed by atoms with Crippen molar-refractivity contribution in [3.05, 3.63) is 65.1 Å². The summed E-state index contributed by atoms with van der Waals surface area (Å²) in [6.07, 6.45) is 1.25. The van der Waals surface area contributed by atoms with Gasteiger partial charge in [-0.3, -0.25) is 4.98 Å². The van der Waals surface area contributed by atoms with Crippen LogP contribution in [-0.4, -0.2) is 16.1 Å². The minimum absolute atomic E-state index is 0.0463. The highest BCUT2D eigenvalue weighted by atomic mass is 19.1. The number of nitrogens with zero attached hydrogens (tertiary/aromatic N) is 1. The Labute approximate surface area is 132 Å². The summed E-state index contributed by atoms with van der Waals surface area (Å²) in [6, 6.07) is 9.88. The van der Waals surface area contributed by atoms with E-state index in [9.17, 15) is 14.3 Å². The van der Waals surface area contributed by atoms with E-state index in [4.69, 9.17) is 0 Å². The molecule has 1 aromatic heterocycles. The fourth-order valence-corrected chi connectivity index (χ4v) is 2.48. The van der Waals surface area contributed by atoms with Gasteiger partial charge >= 0.3 is 5.97 Å². The van der Waals surface area contributed by atoms with Crippen LogP contribution in [0, 0.1) is 19.7 Å². The maximum absolute atomic E-state index is 13.4. The monoisotopic (exact) mass is 310 g/mol. The van der Waals surface area contributed by atoms with Crippen molar-refractivity contribution in [3.63, 3.8) is 0 Å². The summed E-state index contributed by atoms with van der Waals surface area (Å²) in [5.41, 5.74) is 3.79. The second-order valence-electron chi connectivity index (χ2n) is 5.39. The molecular weight excluding hydrogens is 295 g/mol. The molecule has 0 fully saturated rings. The Balaban J connectivity index is 2.23. The Morgan fingerprint density at radius 1 is 1.22 bits per heavy atom. The molecule has 3 aromatic rings. The average Bonchev–Trinajstić information content (AvgIpc) is 2.51. The number of aromatic nitrogens is 1. The first-order valence-electron chi connectivity index (χ1n) is 7.12. The molecule has 2 N–H and O–H groups in total. The summed E-state index contributed by atoms with van der Waals surface area (Å²) in [5.74, 6) is -1.50. The molecular formula is C18H15FN2O2. The number of pyridine rings is 1. The molecule has 0 radical (unpaired) electrons. The number of carbonyl (C=O) groups is 1. The Bertz CT molecular complexity index is 922. The topological polar surface area (TPSA) is 62.2 Å². The van der Waals surface area contributed by atoms with Gasteiger partial charge in [-0.05, 0) is 43.2 Å². The van der Waals surface area contributed by atoms with Crippen LogP contribution in [0.5, 0.6) is 0 Å². The van der Waals surface area contributed by atoms with Crippen molar-refractivity contribution in [2.75, 3.05) is 5.32 Å². The van der Waals surface area contributed by atoms with Crippen molar-refractivity contribution in [1.82, 2.24) is 4.98 Å². The van der Waals surface area contributed by atoms with Gasteiger partial charge in [-0.25, -0.2) is 9.18 Å². The van der Waals surface area contributed by atoms with Gasteiger partial charge in [0.2, 0.25) is 0 Å². The number of aromatic carboxylic acids is 1. The van der Waals surface area contributed by atoms with E-state index in [1.165, 1.54) is 24.4 Å². The fourth-order valence-electron chi connectivity index (χ4n) is 2.48. The number of anilines is 2. The molecule has 1 heterocycles. The fraction of sp³-hybridized carbons (Fsp3) is 0.111. The summed E-state index contributed by atoms with van der Waals surface area (Å²) >= 11 is 0. The van der Waals surface area contributed by atoms with Gasteiger partial charge in [0.15, 0.2) is 0 Å². The summed E-state index contributed by atoms with van der Waals surface area (Å²) < 4.78 is 13.4. The zero-order valence-corrected chi connectivity index (χ0v) is 12.7. The number of fused-ring (bicyclic) bond motifs is 1. The van der Waals surface area contributed by atoms with E-state index in [-0.39, 0.29) is 5.56 Å². The molecule has 0 aliphatic heterocycles. The standard InChI is InChI=1S/C18H15FN2O2/c1-10-4-3-5-15(11(10)2)21-17-13-7-6-12(19)8-16(13)20-9-14(17)18(22)23/h3-9H,1-2H3,(H,20,21)(H,22,23). The lowest BCUT2D eigenvalue weighted by Gasteiger charge is -2.15. The molecule has 0 aliphatic rings. The molecule has 0 unspecified atom stereocenters. The van der Waals surface area contributed by atoms with Crippen molar-refractivity contribution < 1.29 is 14.3 Å². The van der Waals surface area contributed by atoms with Crippen LogP contribution in [0.2, 0.25) is 0 Å². The quantitative estimate of drug-likeness (QED) is 0.751. The highest BCUT2D eigenvalue weighted by Crippen LogP contribution is 2.31. The van der Waals surface area contributed by atoms with Gasteiger partial charge in [-0.15, -0.1) is 0 Å². The first-order valence-corrected chi connectivity index (χ1v) is 7.12. The van der Waals surface area contributed by atoms with E-state index in [2.05, 4.69) is 10.3 Å². The van der Waals surface area contributed by atoms with Crippen molar-refractivity contribution in [3.8, 4) is 0 Å². The van der Waals surface area contributed by atoms with E-state index >= 15 is 0 Å². The van der Waals surface area contributed by atoms with Gasteiger partial charge in [0, 0.05) is 23.3 Å². The van der Waals surface area contributed by atoms with Crippen LogP contribution in [0.15, 0.2) is 42.6 Å². The molecule has 0 spiro atoms. The van der Waals surface area contributed by atoms with E-state index < -0.39 is 11.8 Å². The highest BCUT2D eigenvalue weighted by molar-refractivity contribution is 6.05. The number of nitrogens with one attached hydrogen (secondary N) is 1. The van der Waals surface area contributed by atoms with Gasteiger partial charge < -0.3 is 10.4 Å². The molecule has 0 saturated heterocycles. The molecule has 0 amide bonds. The van der Waals surface area contributed by atoms with E-state index in [0.717, 1.165) is 16.8 Å². The minimum atomic E-state index is -1.09. The molecule has 23 heavy (non-hydrogen) atoms. The Morgan fingerprint density at radius 2 is 2.00 bits per heavy atom. The maximum Gasteiger partial charge on any atom is 0.339 e. The number of aryl methyl sites for hydroxylation is 1. The molecule has 2 aromatic carbocycles.